The fourth-order valence-corrected chi connectivity index (χ4v) is 4.25. The van der Waals surface area contributed by atoms with Crippen molar-refractivity contribution >= 4 is 43.3 Å². The van der Waals surface area contributed by atoms with Crippen LogP contribution in [0.1, 0.15) is 10.4 Å². The molecule has 0 fully saturated rings. The number of carbonyl (C=O) groups excluding carboxylic acids is 2. The lowest BCUT2D eigenvalue weighted by Gasteiger charge is -2.04. The van der Waals surface area contributed by atoms with Crippen molar-refractivity contribution in [1.82, 2.24) is 4.57 Å². The number of ether oxygens (including phenoxy) is 1. The van der Waals surface area contributed by atoms with Crippen LogP contribution in [0.2, 0.25) is 0 Å². The largest absolute Gasteiger partial charge is 0.468 e. The van der Waals surface area contributed by atoms with Crippen LogP contribution in [-0.2, 0) is 25.9 Å². The number of hydrogen-bond donors (Lipinski definition) is 0. The predicted octanol–water partition coefficient (Wildman–Crippen LogP) is 2.16. The topological polar surface area (TPSA) is 94.8 Å². The average molecular weight is 422 g/mol. The first kappa shape index (κ1) is 19.9. The van der Waals surface area contributed by atoms with Crippen molar-refractivity contribution in [2.75, 3.05) is 13.4 Å². The highest BCUT2D eigenvalue weighted by Gasteiger charge is 2.15. The molecule has 0 bridgehead atoms. The Hall–Kier alpha value is -2.85. The van der Waals surface area contributed by atoms with Crippen molar-refractivity contribution in [3.05, 3.63) is 58.6 Å². The van der Waals surface area contributed by atoms with Gasteiger partial charge in [-0.1, -0.05) is 11.3 Å². The number of benzene rings is 2. The molecule has 146 valence electrons. The Balaban J connectivity index is 2.18. The van der Waals surface area contributed by atoms with Gasteiger partial charge < -0.3 is 9.30 Å². The molecule has 0 N–H and O–H groups in total. The van der Waals surface area contributed by atoms with Crippen LogP contribution in [0.3, 0.4) is 0 Å². The number of esters is 1. The smallest absolute Gasteiger partial charge is 0.325 e. The molecule has 3 aromatic rings. The van der Waals surface area contributed by atoms with Crippen molar-refractivity contribution in [2.24, 2.45) is 4.99 Å². The number of aromatic nitrogens is 1. The van der Waals surface area contributed by atoms with Gasteiger partial charge in [-0.25, -0.2) is 12.8 Å². The van der Waals surface area contributed by atoms with E-state index in [1.54, 1.807) is 6.07 Å². The van der Waals surface area contributed by atoms with Gasteiger partial charge >= 0.3 is 5.97 Å². The lowest BCUT2D eigenvalue weighted by atomic mass is 10.2. The van der Waals surface area contributed by atoms with E-state index in [1.165, 1.54) is 35.9 Å². The third-order valence-corrected chi connectivity index (χ3v) is 6.04. The van der Waals surface area contributed by atoms with Gasteiger partial charge in [-0.05, 0) is 42.5 Å². The molecule has 28 heavy (non-hydrogen) atoms. The summed E-state index contributed by atoms with van der Waals surface area (Å²) in [6.45, 7) is -0.204. The number of methoxy groups -OCH3 is 1. The quantitative estimate of drug-likeness (QED) is 0.601. The van der Waals surface area contributed by atoms with E-state index < -0.39 is 27.5 Å². The van der Waals surface area contributed by atoms with Crippen LogP contribution in [0.5, 0.6) is 0 Å². The van der Waals surface area contributed by atoms with Crippen molar-refractivity contribution in [3.63, 3.8) is 0 Å². The lowest BCUT2D eigenvalue weighted by Crippen LogP contribution is -2.22. The van der Waals surface area contributed by atoms with Crippen LogP contribution >= 0.6 is 11.3 Å². The Morgan fingerprint density at radius 1 is 1.18 bits per heavy atom. The number of nitrogens with zero attached hydrogens (tertiary/aromatic N) is 2. The van der Waals surface area contributed by atoms with Crippen molar-refractivity contribution in [3.8, 4) is 0 Å². The highest BCUT2D eigenvalue weighted by molar-refractivity contribution is 7.90. The van der Waals surface area contributed by atoms with Gasteiger partial charge in [-0.15, -0.1) is 0 Å². The molecule has 1 aromatic heterocycles. The first-order valence-corrected chi connectivity index (χ1v) is 10.6. The Morgan fingerprint density at radius 3 is 2.46 bits per heavy atom. The molecule has 7 nitrogen and oxygen atoms in total. The normalized spacial score (nSPS) is 12.3. The third-order valence-electron chi connectivity index (χ3n) is 3.89. The van der Waals surface area contributed by atoms with Gasteiger partial charge in [0.15, 0.2) is 14.6 Å². The molecule has 0 aliphatic rings. The number of hydrogen-bond acceptors (Lipinski definition) is 6. The zero-order valence-electron chi connectivity index (χ0n) is 14.9. The van der Waals surface area contributed by atoms with Crippen LogP contribution in [0.4, 0.5) is 4.39 Å². The minimum absolute atomic E-state index is 0.114. The van der Waals surface area contributed by atoms with Crippen LogP contribution in [0.25, 0.3) is 10.2 Å². The van der Waals surface area contributed by atoms with E-state index in [0.29, 0.717) is 10.2 Å². The standard InChI is InChI=1S/C18H15FN2O5S2/c1-26-16(22)10-21-14-8-7-13(28(2,24)25)9-15(14)27-18(21)20-17(23)11-3-5-12(19)6-4-11/h3-9H,10H2,1-2H3. The fourth-order valence-electron chi connectivity index (χ4n) is 2.46. The molecule has 0 spiro atoms. The number of thiazole rings is 1. The molecular weight excluding hydrogens is 407 g/mol. The minimum atomic E-state index is -3.42. The molecule has 3 rings (SSSR count). The van der Waals surface area contributed by atoms with Crippen molar-refractivity contribution in [1.29, 1.82) is 0 Å². The summed E-state index contributed by atoms with van der Waals surface area (Å²) in [6, 6.07) is 9.34. The summed E-state index contributed by atoms with van der Waals surface area (Å²) in [5.74, 6) is -1.65. The van der Waals surface area contributed by atoms with Gasteiger partial charge in [0, 0.05) is 11.8 Å². The fraction of sp³-hybridized carbons (Fsp3) is 0.167. The molecular formula is C18H15FN2O5S2. The molecule has 0 aliphatic carbocycles. The number of fused-ring (bicyclic) bond motifs is 1. The van der Waals surface area contributed by atoms with Gasteiger partial charge in [0.1, 0.15) is 12.4 Å². The van der Waals surface area contributed by atoms with Gasteiger partial charge in [0.05, 0.1) is 22.2 Å². The Labute approximate surface area is 163 Å². The average Bonchev–Trinajstić information content (AvgIpc) is 2.97. The van der Waals surface area contributed by atoms with E-state index in [2.05, 4.69) is 9.73 Å². The van der Waals surface area contributed by atoms with Gasteiger partial charge in [0.25, 0.3) is 5.91 Å². The molecule has 1 amide bonds. The highest BCUT2D eigenvalue weighted by atomic mass is 32.2. The minimum Gasteiger partial charge on any atom is -0.468 e. The first-order valence-electron chi connectivity index (χ1n) is 7.94. The van der Waals surface area contributed by atoms with Crippen LogP contribution in [-0.4, -0.2) is 38.2 Å². The molecule has 0 saturated carbocycles. The van der Waals surface area contributed by atoms with E-state index >= 15 is 0 Å². The van der Waals surface area contributed by atoms with Crippen LogP contribution in [0.15, 0.2) is 52.4 Å². The summed E-state index contributed by atoms with van der Waals surface area (Å²) in [7, 11) is -2.19. The maximum Gasteiger partial charge on any atom is 0.325 e. The van der Waals surface area contributed by atoms with Crippen molar-refractivity contribution < 1.29 is 27.1 Å². The maximum absolute atomic E-state index is 13.1. The highest BCUT2D eigenvalue weighted by Crippen LogP contribution is 2.22. The molecule has 0 atom stereocenters. The van der Waals surface area contributed by atoms with E-state index in [0.717, 1.165) is 29.7 Å². The monoisotopic (exact) mass is 422 g/mol. The van der Waals surface area contributed by atoms with E-state index in [9.17, 15) is 22.4 Å². The molecule has 0 unspecified atom stereocenters. The van der Waals surface area contributed by atoms with Crippen LogP contribution < -0.4 is 4.80 Å². The zero-order valence-corrected chi connectivity index (χ0v) is 16.5. The Morgan fingerprint density at radius 2 is 1.86 bits per heavy atom. The number of carbonyl (C=O) groups is 2. The number of amides is 1. The SMILES string of the molecule is COC(=O)Cn1c(=NC(=O)c2ccc(F)cc2)sc2cc(S(C)(=O)=O)ccc21. The van der Waals surface area contributed by atoms with Gasteiger partial charge in [0.2, 0.25) is 0 Å². The zero-order chi connectivity index (χ0) is 20.5. The summed E-state index contributed by atoms with van der Waals surface area (Å²) in [6.07, 6.45) is 1.09. The summed E-state index contributed by atoms with van der Waals surface area (Å²) >= 11 is 1.06. The Kier molecular flexibility index (Phi) is 5.43. The first-order chi connectivity index (χ1) is 13.2. The second-order valence-corrected chi connectivity index (χ2v) is 8.90. The van der Waals surface area contributed by atoms with E-state index in [1.807, 2.05) is 0 Å². The summed E-state index contributed by atoms with van der Waals surface area (Å²) < 4.78 is 43.3. The predicted molar refractivity (Wildman–Crippen MR) is 101 cm³/mol. The van der Waals surface area contributed by atoms with E-state index in [-0.39, 0.29) is 21.8 Å². The maximum atomic E-state index is 13.1. The molecule has 0 radical (unpaired) electrons. The van der Waals surface area contributed by atoms with E-state index in [4.69, 9.17) is 0 Å². The molecule has 0 aliphatic heterocycles. The number of sulfone groups is 1. The lowest BCUT2D eigenvalue weighted by molar-refractivity contribution is -0.141. The molecule has 2 aromatic carbocycles. The summed E-state index contributed by atoms with van der Waals surface area (Å²) in [4.78, 5) is 28.6. The second-order valence-electron chi connectivity index (χ2n) is 5.87. The van der Waals surface area contributed by atoms with Crippen molar-refractivity contribution in [2.45, 2.75) is 11.4 Å². The molecule has 10 heteroatoms. The van der Waals surface area contributed by atoms with Gasteiger partial charge in [-0.3, -0.25) is 9.59 Å². The third kappa shape index (κ3) is 4.18. The Bertz CT molecular complexity index is 1240. The molecule has 0 saturated heterocycles. The van der Waals surface area contributed by atoms with Gasteiger partial charge in [-0.2, -0.15) is 4.99 Å². The second kappa shape index (κ2) is 7.64. The number of rotatable bonds is 4. The summed E-state index contributed by atoms with van der Waals surface area (Å²) in [5, 5.41) is 0. The van der Waals surface area contributed by atoms with Crippen LogP contribution in [0, 0.1) is 5.82 Å². The molecule has 1 heterocycles. The number of halogens is 1. The summed E-state index contributed by atoms with van der Waals surface area (Å²) in [5.41, 5.74) is 0.716.